The molecule has 0 atom stereocenters. The Morgan fingerprint density at radius 2 is 1.95 bits per heavy atom. The van der Waals surface area contributed by atoms with E-state index in [1.165, 1.54) is 6.07 Å². The number of nitrogens with zero attached hydrogens (tertiary/aromatic N) is 5. The molecule has 9 nitrogen and oxygen atoms in total. The first kappa shape index (κ1) is 23.4. The number of pyridine rings is 1. The zero-order chi connectivity index (χ0) is 25.9. The number of aliphatic hydroxyl groups is 1. The normalized spacial score (nSPS) is 17.0. The third kappa shape index (κ3) is 3.97. The fourth-order valence-electron chi connectivity index (χ4n) is 4.76. The van der Waals surface area contributed by atoms with Gasteiger partial charge in [-0.05, 0) is 51.3 Å². The Morgan fingerprint density at radius 1 is 1.16 bits per heavy atom. The highest BCUT2D eigenvalue weighted by atomic mass is 19.1. The zero-order valence-electron chi connectivity index (χ0n) is 20.5. The summed E-state index contributed by atoms with van der Waals surface area (Å²) in [5.41, 5.74) is 0.140. The van der Waals surface area contributed by atoms with Crippen molar-refractivity contribution >= 4 is 28.5 Å². The molecule has 37 heavy (non-hydrogen) atoms. The maximum Gasteiger partial charge on any atom is 0.235 e. The minimum Gasteiger partial charge on any atom is -0.390 e. The summed E-state index contributed by atoms with van der Waals surface area (Å²) in [5.74, 6) is -0.462. The maximum absolute atomic E-state index is 14.4. The molecule has 2 aliphatic rings. The number of carbonyl (C=O) groups excluding carboxylic acids is 2. The lowest BCUT2D eigenvalue weighted by atomic mass is 9.84. The number of anilines is 1. The van der Waals surface area contributed by atoms with E-state index >= 15 is 0 Å². The Kier molecular flexibility index (Phi) is 5.20. The lowest BCUT2D eigenvalue weighted by Crippen LogP contribution is -2.29. The number of halogens is 1. The molecule has 6 rings (SSSR count). The Labute approximate surface area is 211 Å². The van der Waals surface area contributed by atoms with Crippen LogP contribution in [0.2, 0.25) is 0 Å². The van der Waals surface area contributed by atoms with Gasteiger partial charge in [0.15, 0.2) is 17.3 Å². The van der Waals surface area contributed by atoms with Gasteiger partial charge in [0.05, 0.1) is 22.9 Å². The van der Waals surface area contributed by atoms with Gasteiger partial charge in [-0.1, -0.05) is 18.2 Å². The summed E-state index contributed by atoms with van der Waals surface area (Å²) in [5, 5.41) is 18.4. The van der Waals surface area contributed by atoms with Crippen LogP contribution in [0.1, 0.15) is 61.1 Å². The minimum absolute atomic E-state index is 0.105. The van der Waals surface area contributed by atoms with E-state index in [1.807, 2.05) is 6.07 Å². The first-order valence-electron chi connectivity index (χ1n) is 12.2. The summed E-state index contributed by atoms with van der Waals surface area (Å²) < 4.78 is 16.0. The van der Waals surface area contributed by atoms with Crippen LogP contribution in [0.5, 0.6) is 0 Å². The predicted molar refractivity (Wildman–Crippen MR) is 133 cm³/mol. The molecule has 1 fully saturated rings. The molecule has 10 heteroatoms. The monoisotopic (exact) mass is 500 g/mol. The first-order chi connectivity index (χ1) is 17.7. The van der Waals surface area contributed by atoms with Crippen LogP contribution in [0, 0.1) is 5.82 Å². The van der Waals surface area contributed by atoms with Gasteiger partial charge in [0.2, 0.25) is 5.91 Å². The Bertz CT molecular complexity index is 1590. The number of Topliss-reactive ketones (excluding diaryl/α,β-unsaturated/α-hetero) is 1. The van der Waals surface area contributed by atoms with E-state index in [4.69, 9.17) is 0 Å². The molecule has 4 heterocycles. The number of carbonyl (C=O) groups is 2. The highest BCUT2D eigenvalue weighted by Crippen LogP contribution is 2.42. The lowest BCUT2D eigenvalue weighted by Gasteiger charge is -2.18. The molecule has 0 spiro atoms. The fraction of sp³-hybridized carbons (Fsp3) is 0.333. The van der Waals surface area contributed by atoms with Gasteiger partial charge in [0, 0.05) is 23.7 Å². The summed E-state index contributed by atoms with van der Waals surface area (Å²) >= 11 is 0. The molecule has 0 bridgehead atoms. The third-order valence-electron chi connectivity index (χ3n) is 7.24. The standard InChI is InChI=1S/C27H25FN6O3/c1-26(2)19-21(18(35)9-10-27(37)11-12-27)30-23(31-22(19)32-25(26)36)20-16-7-5-13-29-24(16)34(33-20)14-15-6-3-4-8-17(15)28/h3-8,13,37H,9-12,14H2,1-2H3,(H,30,31,32,36). The number of benzene rings is 1. The van der Waals surface area contributed by atoms with Crippen LogP contribution in [0.4, 0.5) is 10.2 Å². The average Bonchev–Trinajstić information content (AvgIpc) is 3.43. The number of fused-ring (bicyclic) bond motifs is 2. The fourth-order valence-corrected chi connectivity index (χ4v) is 4.76. The van der Waals surface area contributed by atoms with Crippen molar-refractivity contribution in [3.05, 3.63) is 65.2 Å². The molecular formula is C27H25FN6O3. The van der Waals surface area contributed by atoms with Crippen LogP contribution in [0.15, 0.2) is 42.6 Å². The molecule has 0 saturated heterocycles. The minimum atomic E-state index is -0.997. The molecule has 1 aliphatic carbocycles. The van der Waals surface area contributed by atoms with Crippen molar-refractivity contribution in [2.45, 2.75) is 57.1 Å². The molecule has 2 N–H and O–H groups in total. The molecule has 0 unspecified atom stereocenters. The number of hydrogen-bond acceptors (Lipinski definition) is 7. The number of hydrogen-bond donors (Lipinski definition) is 2. The molecule has 4 aromatic rings. The van der Waals surface area contributed by atoms with Crippen molar-refractivity contribution in [2.24, 2.45) is 0 Å². The van der Waals surface area contributed by atoms with Gasteiger partial charge in [-0.25, -0.2) is 24.0 Å². The van der Waals surface area contributed by atoms with Crippen LogP contribution >= 0.6 is 0 Å². The van der Waals surface area contributed by atoms with Gasteiger partial charge in [-0.3, -0.25) is 9.59 Å². The summed E-state index contributed by atoms with van der Waals surface area (Å²) in [7, 11) is 0. The molecule has 1 saturated carbocycles. The molecule has 3 aromatic heterocycles. The Morgan fingerprint density at radius 3 is 2.70 bits per heavy atom. The maximum atomic E-state index is 14.4. The third-order valence-corrected chi connectivity index (χ3v) is 7.24. The van der Waals surface area contributed by atoms with E-state index in [0.29, 0.717) is 47.1 Å². The molecule has 1 amide bonds. The lowest BCUT2D eigenvalue weighted by molar-refractivity contribution is -0.119. The second kappa shape index (κ2) is 8.24. The van der Waals surface area contributed by atoms with E-state index in [-0.39, 0.29) is 47.8 Å². The van der Waals surface area contributed by atoms with Crippen molar-refractivity contribution in [3.63, 3.8) is 0 Å². The summed E-state index contributed by atoms with van der Waals surface area (Å²) in [6, 6.07) is 10.0. The van der Waals surface area contributed by atoms with Gasteiger partial charge >= 0.3 is 0 Å². The van der Waals surface area contributed by atoms with Crippen molar-refractivity contribution in [2.75, 3.05) is 5.32 Å². The number of nitrogens with one attached hydrogen (secondary N) is 1. The van der Waals surface area contributed by atoms with Crippen LogP contribution in [0.3, 0.4) is 0 Å². The van der Waals surface area contributed by atoms with E-state index in [1.54, 1.807) is 49.0 Å². The van der Waals surface area contributed by atoms with Crippen molar-refractivity contribution in [3.8, 4) is 11.5 Å². The second-order valence-electron chi connectivity index (χ2n) is 10.3. The average molecular weight is 501 g/mol. The quantitative estimate of drug-likeness (QED) is 0.370. The molecule has 1 aliphatic heterocycles. The SMILES string of the molecule is CC1(C)C(=O)Nc2nc(-c3nn(Cc4ccccc4F)c4ncccc34)nc(C(=O)CCC3(O)CC3)c21. The molecule has 1 aromatic carbocycles. The van der Waals surface area contributed by atoms with Crippen molar-refractivity contribution < 1.29 is 19.1 Å². The highest BCUT2D eigenvalue weighted by molar-refractivity contribution is 6.09. The first-order valence-corrected chi connectivity index (χ1v) is 12.2. The molecule has 0 radical (unpaired) electrons. The van der Waals surface area contributed by atoms with Crippen molar-refractivity contribution in [1.29, 1.82) is 0 Å². The highest BCUT2D eigenvalue weighted by Gasteiger charge is 2.45. The van der Waals surface area contributed by atoms with E-state index < -0.39 is 11.0 Å². The summed E-state index contributed by atoms with van der Waals surface area (Å²) in [6.45, 7) is 3.59. The van der Waals surface area contributed by atoms with Gasteiger partial charge < -0.3 is 10.4 Å². The summed E-state index contributed by atoms with van der Waals surface area (Å²) in [6.07, 6.45) is 3.42. The van der Waals surface area contributed by atoms with E-state index in [9.17, 15) is 19.1 Å². The van der Waals surface area contributed by atoms with Crippen LogP contribution in [0.25, 0.3) is 22.6 Å². The topological polar surface area (TPSA) is 123 Å². The van der Waals surface area contributed by atoms with Gasteiger partial charge in [-0.2, -0.15) is 5.10 Å². The zero-order valence-corrected chi connectivity index (χ0v) is 20.5. The second-order valence-corrected chi connectivity index (χ2v) is 10.3. The Hall–Kier alpha value is -4.05. The number of amides is 1. The number of rotatable bonds is 7. The molecule has 188 valence electrons. The van der Waals surface area contributed by atoms with E-state index in [2.05, 4.69) is 25.4 Å². The number of ketones is 1. The largest absolute Gasteiger partial charge is 0.390 e. The molecular weight excluding hydrogens is 475 g/mol. The summed E-state index contributed by atoms with van der Waals surface area (Å²) in [4.78, 5) is 39.8. The number of aromatic nitrogens is 5. The Balaban J connectivity index is 1.48. The van der Waals surface area contributed by atoms with E-state index in [0.717, 1.165) is 0 Å². The van der Waals surface area contributed by atoms with Crippen molar-refractivity contribution in [1.82, 2.24) is 24.7 Å². The smallest absolute Gasteiger partial charge is 0.235 e. The van der Waals surface area contributed by atoms with Gasteiger partial charge in [-0.15, -0.1) is 0 Å². The van der Waals surface area contributed by atoms with Crippen LogP contribution in [-0.4, -0.2) is 47.1 Å². The van der Waals surface area contributed by atoms with Gasteiger partial charge in [0.1, 0.15) is 23.0 Å². The van der Waals surface area contributed by atoms with Crippen LogP contribution in [-0.2, 0) is 16.8 Å². The van der Waals surface area contributed by atoms with Gasteiger partial charge in [0.25, 0.3) is 0 Å². The predicted octanol–water partition coefficient (Wildman–Crippen LogP) is 3.79. The van der Waals surface area contributed by atoms with Crippen LogP contribution < -0.4 is 5.32 Å².